The van der Waals surface area contributed by atoms with E-state index >= 15 is 0 Å². The van der Waals surface area contributed by atoms with Crippen LogP contribution < -0.4 is 0 Å². The van der Waals surface area contributed by atoms with Crippen molar-refractivity contribution >= 4 is 22.6 Å². The second-order valence-corrected chi connectivity index (χ2v) is 20.2. The van der Waals surface area contributed by atoms with Crippen LogP contribution in [0.3, 0.4) is 0 Å². The fraction of sp³-hybridized carbons (Fsp3) is 0.952. The van der Waals surface area contributed by atoms with E-state index in [1.807, 2.05) is 0 Å². The number of ether oxygens (including phenoxy) is 1. The van der Waals surface area contributed by atoms with E-state index in [1.165, 1.54) is 7.11 Å². The summed E-state index contributed by atoms with van der Waals surface area (Å²) in [6.07, 6.45) is 3.04. The minimum Gasteiger partial charge on any atom is -0.469 e. The van der Waals surface area contributed by atoms with E-state index in [-0.39, 0.29) is 28.3 Å². The van der Waals surface area contributed by atoms with Crippen molar-refractivity contribution in [3.63, 3.8) is 0 Å². The van der Waals surface area contributed by atoms with Gasteiger partial charge in [-0.2, -0.15) is 0 Å². The number of hydrogen-bond donors (Lipinski definition) is 0. The van der Waals surface area contributed by atoms with Crippen molar-refractivity contribution in [2.45, 2.75) is 123 Å². The maximum absolute atomic E-state index is 11.6. The van der Waals surface area contributed by atoms with Crippen LogP contribution in [0.4, 0.5) is 0 Å². The minimum atomic E-state index is -1.93. The number of esters is 1. The molecule has 162 valence electrons. The Morgan fingerprint density at radius 3 is 1.59 bits per heavy atom. The number of rotatable bonds is 10. The van der Waals surface area contributed by atoms with E-state index in [0.717, 1.165) is 19.3 Å². The molecular weight excluding hydrogens is 372 g/mol. The van der Waals surface area contributed by atoms with Gasteiger partial charge in [0.1, 0.15) is 0 Å². The molecule has 0 aromatic carbocycles. The number of hydrogen-bond acceptors (Lipinski definition) is 4. The van der Waals surface area contributed by atoms with Gasteiger partial charge in [0.25, 0.3) is 0 Å². The summed E-state index contributed by atoms with van der Waals surface area (Å²) >= 11 is 0. The Morgan fingerprint density at radius 2 is 1.26 bits per heavy atom. The van der Waals surface area contributed by atoms with Crippen molar-refractivity contribution in [2.75, 3.05) is 7.11 Å². The monoisotopic (exact) mass is 418 g/mol. The van der Waals surface area contributed by atoms with Gasteiger partial charge in [-0.1, -0.05) is 48.5 Å². The molecule has 0 saturated carbocycles. The number of carbonyl (C=O) groups is 1. The zero-order chi connectivity index (χ0) is 21.7. The Morgan fingerprint density at radius 1 is 0.852 bits per heavy atom. The molecule has 27 heavy (non-hydrogen) atoms. The van der Waals surface area contributed by atoms with Crippen LogP contribution in [0.25, 0.3) is 0 Å². The normalized spacial score (nSPS) is 16.1. The van der Waals surface area contributed by atoms with E-state index in [0.29, 0.717) is 6.42 Å². The molecule has 0 amide bonds. The van der Waals surface area contributed by atoms with Crippen LogP contribution in [0.2, 0.25) is 36.3 Å². The van der Waals surface area contributed by atoms with Gasteiger partial charge in [0, 0.05) is 6.42 Å². The number of methoxy groups -OCH3 is 1. The first-order valence-electron chi connectivity index (χ1n) is 10.4. The molecule has 0 aliphatic rings. The predicted molar refractivity (Wildman–Crippen MR) is 120 cm³/mol. The first-order valence-corrected chi connectivity index (χ1v) is 16.2. The lowest BCUT2D eigenvalue weighted by Crippen LogP contribution is -2.51. The van der Waals surface area contributed by atoms with Crippen molar-refractivity contribution < 1.29 is 18.4 Å². The molecule has 0 radical (unpaired) electrons. The van der Waals surface area contributed by atoms with Crippen LogP contribution in [0.15, 0.2) is 0 Å². The Labute approximate surface area is 171 Å². The van der Waals surface area contributed by atoms with Crippen LogP contribution in [-0.2, 0) is 18.4 Å². The summed E-state index contributed by atoms with van der Waals surface area (Å²) in [5, 5.41) is 0.302. The molecule has 0 spiro atoms. The zero-order valence-corrected chi connectivity index (χ0v) is 22.1. The van der Waals surface area contributed by atoms with Crippen molar-refractivity contribution in [2.24, 2.45) is 0 Å². The fourth-order valence-electron chi connectivity index (χ4n) is 2.40. The molecule has 0 N–H and O–H groups in total. The van der Waals surface area contributed by atoms with Gasteiger partial charge in [-0.05, 0) is 55.5 Å². The Bertz CT molecular complexity index is 462. The van der Waals surface area contributed by atoms with Crippen LogP contribution in [-0.4, -0.2) is 41.9 Å². The summed E-state index contributed by atoms with van der Waals surface area (Å²) in [7, 11) is -2.39. The van der Waals surface area contributed by atoms with Crippen molar-refractivity contribution in [1.82, 2.24) is 0 Å². The topological polar surface area (TPSA) is 44.8 Å². The predicted octanol–water partition coefficient (Wildman–Crippen LogP) is 6.52. The van der Waals surface area contributed by atoms with Gasteiger partial charge in [-0.25, -0.2) is 0 Å². The second kappa shape index (κ2) is 10.0. The third kappa shape index (κ3) is 8.38. The summed E-state index contributed by atoms with van der Waals surface area (Å²) < 4.78 is 18.4. The number of carbonyl (C=O) groups excluding carboxylic acids is 1. The molecule has 0 aliphatic carbocycles. The summed E-state index contributed by atoms with van der Waals surface area (Å²) in [5.41, 5.74) is 0. The van der Waals surface area contributed by atoms with Crippen LogP contribution in [0.1, 0.15) is 74.1 Å². The Hall–Kier alpha value is -0.176. The highest BCUT2D eigenvalue weighted by Crippen LogP contribution is 2.41. The molecular formula is C21H46O4Si2. The van der Waals surface area contributed by atoms with Gasteiger partial charge in [0.2, 0.25) is 0 Å². The van der Waals surface area contributed by atoms with E-state index < -0.39 is 16.6 Å². The van der Waals surface area contributed by atoms with Crippen molar-refractivity contribution in [3.05, 3.63) is 0 Å². The molecule has 0 aromatic heterocycles. The SMILES string of the molecule is CC[C@@H](O[Si](C)(C)C(C)(C)C)[C@H](CCCC(=O)OC)O[Si](C)(C)C(C)(C)C. The summed E-state index contributed by atoms with van der Waals surface area (Å²) in [6, 6.07) is 0. The van der Waals surface area contributed by atoms with Crippen LogP contribution >= 0.6 is 0 Å². The molecule has 0 aromatic rings. The third-order valence-corrected chi connectivity index (χ3v) is 15.4. The molecule has 0 aliphatic heterocycles. The summed E-state index contributed by atoms with van der Waals surface area (Å²) in [5.74, 6) is -0.153. The van der Waals surface area contributed by atoms with Gasteiger partial charge in [-0.15, -0.1) is 0 Å². The molecule has 2 atom stereocenters. The molecule has 0 bridgehead atoms. The molecule has 0 fully saturated rings. The highest BCUT2D eigenvalue weighted by Gasteiger charge is 2.44. The van der Waals surface area contributed by atoms with Crippen LogP contribution in [0, 0.1) is 0 Å². The lowest BCUT2D eigenvalue weighted by atomic mass is 10.1. The van der Waals surface area contributed by atoms with E-state index in [2.05, 4.69) is 74.7 Å². The zero-order valence-electron chi connectivity index (χ0n) is 20.1. The van der Waals surface area contributed by atoms with Crippen molar-refractivity contribution in [1.29, 1.82) is 0 Å². The largest absolute Gasteiger partial charge is 0.469 e. The Balaban J connectivity index is 5.48. The summed E-state index contributed by atoms with van der Waals surface area (Å²) in [6.45, 7) is 25.0. The quantitative estimate of drug-likeness (QED) is 0.299. The second-order valence-electron chi connectivity index (χ2n) is 10.7. The molecule has 0 heterocycles. The van der Waals surface area contributed by atoms with Gasteiger partial charge in [0.05, 0.1) is 19.3 Å². The average molecular weight is 419 g/mol. The molecule has 0 unspecified atom stereocenters. The molecule has 4 nitrogen and oxygen atoms in total. The lowest BCUT2D eigenvalue weighted by Gasteiger charge is -2.45. The smallest absolute Gasteiger partial charge is 0.305 e. The van der Waals surface area contributed by atoms with E-state index in [1.54, 1.807) is 0 Å². The van der Waals surface area contributed by atoms with E-state index in [9.17, 15) is 4.79 Å². The summed E-state index contributed by atoms with van der Waals surface area (Å²) in [4.78, 5) is 11.6. The van der Waals surface area contributed by atoms with Crippen molar-refractivity contribution in [3.8, 4) is 0 Å². The first-order chi connectivity index (χ1) is 12.0. The standard InChI is InChI=1S/C21H46O4Si2/c1-13-17(24-26(9,10)20(2,3)4)18(15-14-16-19(22)23-8)25-27(11,12)21(5,6)7/h17-18H,13-16H2,1-12H3/t17-,18+/m1/s1. The minimum absolute atomic E-state index is 0.0228. The van der Waals surface area contributed by atoms with E-state index in [4.69, 9.17) is 13.6 Å². The maximum atomic E-state index is 11.6. The van der Waals surface area contributed by atoms with Gasteiger partial charge in [0.15, 0.2) is 16.6 Å². The molecule has 6 heteroatoms. The highest BCUT2D eigenvalue weighted by atomic mass is 28.4. The molecule has 0 saturated heterocycles. The first kappa shape index (κ1) is 26.8. The fourth-order valence-corrected chi connectivity index (χ4v) is 5.21. The van der Waals surface area contributed by atoms with Gasteiger partial charge in [-0.3, -0.25) is 4.79 Å². The third-order valence-electron chi connectivity index (χ3n) is 6.42. The van der Waals surface area contributed by atoms with Gasteiger partial charge < -0.3 is 13.6 Å². The van der Waals surface area contributed by atoms with Gasteiger partial charge >= 0.3 is 5.97 Å². The lowest BCUT2D eigenvalue weighted by molar-refractivity contribution is -0.140. The Kier molecular flexibility index (Phi) is 9.97. The highest BCUT2D eigenvalue weighted by molar-refractivity contribution is 6.74. The van der Waals surface area contributed by atoms with Crippen LogP contribution in [0.5, 0.6) is 0 Å². The average Bonchev–Trinajstić information content (AvgIpc) is 2.49. The molecule has 0 rings (SSSR count). The maximum Gasteiger partial charge on any atom is 0.305 e.